The van der Waals surface area contributed by atoms with E-state index >= 15 is 0 Å². The topological polar surface area (TPSA) is 121 Å². The fourth-order valence-corrected chi connectivity index (χ4v) is 5.48. The summed E-state index contributed by atoms with van der Waals surface area (Å²) in [5.74, 6) is 1.85. The number of fused-ring (bicyclic) bond motifs is 1. The fourth-order valence-electron chi connectivity index (χ4n) is 5.48. The van der Waals surface area contributed by atoms with Crippen LogP contribution in [0.3, 0.4) is 0 Å². The molecule has 0 bridgehead atoms. The number of carbonyl (C=O) groups excluding carboxylic acids is 2. The summed E-state index contributed by atoms with van der Waals surface area (Å²) in [6.45, 7) is 7.98. The number of aliphatic hydroxyl groups is 1. The Morgan fingerprint density at radius 3 is 2.90 bits per heavy atom. The molecule has 5 rings (SSSR count). The lowest BCUT2D eigenvalue weighted by Crippen LogP contribution is -2.50. The Morgan fingerprint density at radius 2 is 2.12 bits per heavy atom. The molecule has 1 fully saturated rings. The molecule has 2 aromatic heterocycles. The number of likely N-dealkylation sites (tertiary alicyclic amines) is 1. The van der Waals surface area contributed by atoms with Crippen molar-refractivity contribution in [1.29, 1.82) is 0 Å². The molecule has 2 N–H and O–H groups in total. The van der Waals surface area contributed by atoms with E-state index in [0.29, 0.717) is 36.8 Å². The summed E-state index contributed by atoms with van der Waals surface area (Å²) in [4.78, 5) is 36.9. The standard InChI is InChI=1S/C30H37N5O5/c1-3-29(37)35-14-21(15-35)10-24-11-22(6-8-32-24)30(38)33-12-25(36)17-34-9-7-27-20(2)28(5-4-23(27)16-34)39-18-26-13-31-19-40-26/h4-6,8,11,13,19,21,25,36H,3,7,9-10,12,14-18H2,1-2H3,(H,33,38)/t25-/m0/s1. The summed E-state index contributed by atoms with van der Waals surface area (Å²) in [5.41, 5.74) is 5.02. The van der Waals surface area contributed by atoms with Gasteiger partial charge >= 0.3 is 0 Å². The summed E-state index contributed by atoms with van der Waals surface area (Å²) in [6.07, 6.45) is 6.13. The van der Waals surface area contributed by atoms with Gasteiger partial charge in [0.1, 0.15) is 12.4 Å². The molecule has 40 heavy (non-hydrogen) atoms. The molecule has 1 atom stereocenters. The summed E-state index contributed by atoms with van der Waals surface area (Å²) in [7, 11) is 0. The van der Waals surface area contributed by atoms with E-state index in [1.165, 1.54) is 17.5 Å². The zero-order valence-corrected chi connectivity index (χ0v) is 23.1. The number of β-amino-alcohol motifs (C(OH)–C–C–N with tert-alkyl or cyclic N) is 1. The van der Waals surface area contributed by atoms with Crippen molar-refractivity contribution in [1.82, 2.24) is 25.1 Å². The van der Waals surface area contributed by atoms with Gasteiger partial charge in [0, 0.05) is 63.1 Å². The zero-order chi connectivity index (χ0) is 28.1. The number of hydrogen-bond donors (Lipinski definition) is 2. The zero-order valence-electron chi connectivity index (χ0n) is 23.1. The van der Waals surface area contributed by atoms with E-state index in [1.54, 1.807) is 24.5 Å². The molecule has 3 aromatic rings. The number of aromatic nitrogens is 2. The van der Waals surface area contributed by atoms with Crippen LogP contribution in [-0.2, 0) is 30.8 Å². The highest BCUT2D eigenvalue weighted by molar-refractivity contribution is 5.94. The average molecular weight is 548 g/mol. The molecule has 0 aliphatic carbocycles. The molecule has 2 aliphatic heterocycles. The van der Waals surface area contributed by atoms with Crippen LogP contribution in [0.15, 0.2) is 47.5 Å². The van der Waals surface area contributed by atoms with Gasteiger partial charge in [0.2, 0.25) is 5.91 Å². The first-order valence-electron chi connectivity index (χ1n) is 13.9. The number of amides is 2. The molecular formula is C30H37N5O5. The molecule has 4 heterocycles. The van der Waals surface area contributed by atoms with Crippen molar-refractivity contribution in [2.45, 2.75) is 52.4 Å². The van der Waals surface area contributed by atoms with Gasteiger partial charge in [-0.25, -0.2) is 4.98 Å². The fraction of sp³-hybridized carbons (Fsp3) is 0.467. The van der Waals surface area contributed by atoms with Gasteiger partial charge in [-0.05, 0) is 60.6 Å². The largest absolute Gasteiger partial charge is 0.485 e. The lowest BCUT2D eigenvalue weighted by Gasteiger charge is -2.39. The second-order valence-corrected chi connectivity index (χ2v) is 10.7. The van der Waals surface area contributed by atoms with E-state index in [1.807, 2.05) is 17.9 Å². The van der Waals surface area contributed by atoms with Crippen LogP contribution in [0.5, 0.6) is 5.75 Å². The SMILES string of the molecule is CCC(=O)N1CC(Cc2cc(C(=O)NC[C@H](O)CN3CCc4c(ccc(OCc5cnco5)c4C)C3)ccn2)C1. The number of pyridine rings is 1. The van der Waals surface area contributed by atoms with Gasteiger partial charge < -0.3 is 24.5 Å². The number of ether oxygens (including phenoxy) is 1. The molecule has 212 valence electrons. The first-order chi connectivity index (χ1) is 19.4. The Hall–Kier alpha value is -3.76. The third kappa shape index (κ3) is 6.68. The third-order valence-corrected chi connectivity index (χ3v) is 7.73. The highest BCUT2D eigenvalue weighted by Gasteiger charge is 2.30. The van der Waals surface area contributed by atoms with Crippen molar-refractivity contribution in [2.75, 3.05) is 32.7 Å². The molecule has 0 radical (unpaired) electrons. The number of carbonyl (C=O) groups is 2. The maximum Gasteiger partial charge on any atom is 0.251 e. The number of nitrogens with zero attached hydrogens (tertiary/aromatic N) is 4. The van der Waals surface area contributed by atoms with Crippen molar-refractivity contribution < 1.29 is 23.8 Å². The van der Waals surface area contributed by atoms with Gasteiger partial charge in [-0.3, -0.25) is 19.5 Å². The van der Waals surface area contributed by atoms with E-state index in [0.717, 1.165) is 56.0 Å². The number of aliphatic hydroxyl groups excluding tert-OH is 1. The Bertz CT molecular complexity index is 1320. The first kappa shape index (κ1) is 27.8. The van der Waals surface area contributed by atoms with Crippen molar-refractivity contribution >= 4 is 11.8 Å². The summed E-state index contributed by atoms with van der Waals surface area (Å²) in [5, 5.41) is 13.5. The number of hydrogen-bond acceptors (Lipinski definition) is 8. The molecule has 10 nitrogen and oxygen atoms in total. The van der Waals surface area contributed by atoms with E-state index < -0.39 is 6.10 Å². The molecule has 10 heteroatoms. The highest BCUT2D eigenvalue weighted by atomic mass is 16.5. The van der Waals surface area contributed by atoms with Crippen LogP contribution in [0.25, 0.3) is 0 Å². The van der Waals surface area contributed by atoms with Crippen LogP contribution in [0, 0.1) is 12.8 Å². The summed E-state index contributed by atoms with van der Waals surface area (Å²) < 4.78 is 11.2. The van der Waals surface area contributed by atoms with E-state index in [9.17, 15) is 14.7 Å². The maximum atomic E-state index is 12.8. The Kier molecular flexibility index (Phi) is 8.76. The second-order valence-electron chi connectivity index (χ2n) is 10.7. The monoisotopic (exact) mass is 547 g/mol. The molecule has 0 unspecified atom stereocenters. The Morgan fingerprint density at radius 1 is 1.27 bits per heavy atom. The molecular weight excluding hydrogens is 510 g/mol. The predicted molar refractivity (Wildman–Crippen MR) is 148 cm³/mol. The van der Waals surface area contributed by atoms with Crippen molar-refractivity contribution in [2.24, 2.45) is 5.92 Å². The first-order valence-corrected chi connectivity index (χ1v) is 13.9. The smallest absolute Gasteiger partial charge is 0.251 e. The van der Waals surface area contributed by atoms with E-state index in [2.05, 4.69) is 33.2 Å². The Labute approximate surface area is 234 Å². The average Bonchev–Trinajstić information content (AvgIpc) is 3.46. The lowest BCUT2D eigenvalue weighted by atomic mass is 9.93. The number of nitrogens with one attached hydrogen (secondary N) is 1. The number of rotatable bonds is 11. The molecule has 0 spiro atoms. The molecule has 2 aliphatic rings. The quantitative estimate of drug-likeness (QED) is 0.376. The van der Waals surface area contributed by atoms with E-state index in [4.69, 9.17) is 9.15 Å². The lowest BCUT2D eigenvalue weighted by molar-refractivity contribution is -0.137. The molecule has 1 saturated heterocycles. The normalized spacial score (nSPS) is 16.2. The minimum absolute atomic E-state index is 0.171. The van der Waals surface area contributed by atoms with Gasteiger partial charge in [0.05, 0.1) is 12.3 Å². The van der Waals surface area contributed by atoms with Gasteiger partial charge in [0.25, 0.3) is 5.91 Å². The van der Waals surface area contributed by atoms with Crippen LogP contribution in [0.2, 0.25) is 0 Å². The minimum atomic E-state index is -0.686. The highest BCUT2D eigenvalue weighted by Crippen LogP contribution is 2.30. The van der Waals surface area contributed by atoms with Gasteiger partial charge in [0.15, 0.2) is 12.2 Å². The van der Waals surface area contributed by atoms with Crippen LogP contribution in [0.4, 0.5) is 0 Å². The van der Waals surface area contributed by atoms with Gasteiger partial charge in [-0.1, -0.05) is 13.0 Å². The predicted octanol–water partition coefficient (Wildman–Crippen LogP) is 2.52. The van der Waals surface area contributed by atoms with Gasteiger partial charge in [-0.2, -0.15) is 0 Å². The molecule has 1 aromatic carbocycles. The van der Waals surface area contributed by atoms with Crippen LogP contribution in [0.1, 0.15) is 51.8 Å². The van der Waals surface area contributed by atoms with Crippen molar-refractivity contribution in [3.05, 3.63) is 76.8 Å². The van der Waals surface area contributed by atoms with Crippen molar-refractivity contribution in [3.63, 3.8) is 0 Å². The number of oxazole rings is 1. The summed E-state index contributed by atoms with van der Waals surface area (Å²) >= 11 is 0. The second kappa shape index (κ2) is 12.6. The van der Waals surface area contributed by atoms with Crippen molar-refractivity contribution in [3.8, 4) is 5.75 Å². The molecule has 2 amide bonds. The van der Waals surface area contributed by atoms with Crippen LogP contribution < -0.4 is 10.1 Å². The minimum Gasteiger partial charge on any atom is -0.485 e. The maximum absolute atomic E-state index is 12.8. The number of benzene rings is 1. The van der Waals surface area contributed by atoms with E-state index in [-0.39, 0.29) is 18.4 Å². The van der Waals surface area contributed by atoms with Crippen LogP contribution in [-0.4, -0.2) is 75.5 Å². The molecule has 0 saturated carbocycles. The third-order valence-electron chi connectivity index (χ3n) is 7.73. The summed E-state index contributed by atoms with van der Waals surface area (Å²) in [6, 6.07) is 7.56. The van der Waals surface area contributed by atoms with Gasteiger partial charge in [-0.15, -0.1) is 0 Å². The van der Waals surface area contributed by atoms with Crippen LogP contribution >= 0.6 is 0 Å². The Balaban J connectivity index is 1.07.